The number of Topliss-reactive ketones (excluding diaryl/α,β-unsaturated/α-hetero) is 1. The van der Waals surface area contributed by atoms with Crippen LogP contribution in [0.4, 0.5) is 0 Å². The molecule has 2 saturated carbocycles. The summed E-state index contributed by atoms with van der Waals surface area (Å²) < 4.78 is 0. The van der Waals surface area contributed by atoms with Gasteiger partial charge in [0.15, 0.2) is 0 Å². The largest absolute Gasteiger partial charge is 0.299 e. The zero-order valence-corrected chi connectivity index (χ0v) is 7.01. The molecule has 0 N–H and O–H groups in total. The van der Waals surface area contributed by atoms with Crippen molar-refractivity contribution in [3.63, 3.8) is 0 Å². The van der Waals surface area contributed by atoms with Crippen molar-refractivity contribution in [3.8, 4) is 0 Å². The molecule has 0 saturated heterocycles. The molecule has 2 aliphatic rings. The highest BCUT2D eigenvalue weighted by atomic mass is 16.1. The van der Waals surface area contributed by atoms with Gasteiger partial charge in [-0.25, -0.2) is 0 Å². The second-order valence-corrected chi connectivity index (χ2v) is 4.03. The molecule has 1 nitrogen and oxygen atoms in total. The van der Waals surface area contributed by atoms with Gasteiger partial charge in [0, 0.05) is 12.3 Å². The Kier molecular flexibility index (Phi) is 1.97. The second kappa shape index (κ2) is 2.96. The van der Waals surface area contributed by atoms with Gasteiger partial charge in [-0.05, 0) is 18.8 Å². The highest BCUT2D eigenvalue weighted by Gasteiger charge is 2.38. The minimum atomic E-state index is 0.496. The molecule has 0 spiro atoms. The monoisotopic (exact) mass is 152 g/mol. The number of fused-ring (bicyclic) bond motifs is 1. The van der Waals surface area contributed by atoms with Crippen LogP contribution in [0.15, 0.2) is 0 Å². The Morgan fingerprint density at radius 3 is 2.45 bits per heavy atom. The van der Waals surface area contributed by atoms with E-state index in [1.807, 2.05) is 0 Å². The van der Waals surface area contributed by atoms with Crippen LogP contribution in [0, 0.1) is 11.8 Å². The van der Waals surface area contributed by atoms with Crippen molar-refractivity contribution >= 4 is 5.78 Å². The molecular weight excluding hydrogens is 136 g/mol. The zero-order chi connectivity index (χ0) is 7.68. The molecule has 11 heavy (non-hydrogen) atoms. The van der Waals surface area contributed by atoms with Crippen molar-refractivity contribution in [2.24, 2.45) is 11.8 Å². The first kappa shape index (κ1) is 7.33. The summed E-state index contributed by atoms with van der Waals surface area (Å²) in [5.74, 6) is 1.84. The van der Waals surface area contributed by atoms with Gasteiger partial charge in [0.1, 0.15) is 5.78 Å². The van der Waals surface area contributed by atoms with Crippen LogP contribution >= 0.6 is 0 Å². The van der Waals surface area contributed by atoms with E-state index in [1.54, 1.807) is 0 Å². The molecule has 2 rings (SSSR count). The highest BCUT2D eigenvalue weighted by Crippen LogP contribution is 2.39. The standard InChI is InChI=1S/C10H16O/c11-10-7-8-5-3-1-2-4-6-9(8)10/h8-9H,1-7H2/t8-,9+/m1/s1. The minimum absolute atomic E-state index is 0.496. The summed E-state index contributed by atoms with van der Waals surface area (Å²) in [4.78, 5) is 11.1. The van der Waals surface area contributed by atoms with Gasteiger partial charge >= 0.3 is 0 Å². The third-order valence-electron chi connectivity index (χ3n) is 3.29. The van der Waals surface area contributed by atoms with Crippen molar-refractivity contribution in [1.29, 1.82) is 0 Å². The number of hydrogen-bond donors (Lipinski definition) is 0. The fourth-order valence-corrected chi connectivity index (χ4v) is 2.48. The van der Waals surface area contributed by atoms with E-state index in [-0.39, 0.29) is 0 Å². The zero-order valence-electron chi connectivity index (χ0n) is 7.01. The van der Waals surface area contributed by atoms with Gasteiger partial charge in [-0.15, -0.1) is 0 Å². The molecular formula is C10H16O. The van der Waals surface area contributed by atoms with Gasteiger partial charge in [0.2, 0.25) is 0 Å². The molecule has 0 amide bonds. The lowest BCUT2D eigenvalue weighted by Crippen LogP contribution is -2.37. The van der Waals surface area contributed by atoms with Crippen LogP contribution in [0.25, 0.3) is 0 Å². The maximum absolute atomic E-state index is 11.1. The number of ketones is 1. The molecule has 0 aliphatic heterocycles. The molecule has 62 valence electrons. The fourth-order valence-electron chi connectivity index (χ4n) is 2.48. The van der Waals surface area contributed by atoms with Crippen LogP contribution in [0.5, 0.6) is 0 Å². The Labute approximate surface area is 68.2 Å². The second-order valence-electron chi connectivity index (χ2n) is 4.03. The smallest absolute Gasteiger partial charge is 0.136 e. The van der Waals surface area contributed by atoms with E-state index in [1.165, 1.54) is 38.5 Å². The van der Waals surface area contributed by atoms with E-state index in [0.717, 1.165) is 12.3 Å². The number of carbonyl (C=O) groups is 1. The summed E-state index contributed by atoms with van der Waals surface area (Å²) >= 11 is 0. The van der Waals surface area contributed by atoms with Crippen LogP contribution in [0.3, 0.4) is 0 Å². The van der Waals surface area contributed by atoms with Crippen LogP contribution in [0.2, 0.25) is 0 Å². The summed E-state index contributed by atoms with van der Waals surface area (Å²) in [5, 5.41) is 0. The number of carbonyl (C=O) groups excluding carboxylic acids is 1. The SMILES string of the molecule is O=C1C[C@H]2CCCCCC[C@H]12. The molecule has 2 fully saturated rings. The normalized spacial score (nSPS) is 38.4. The predicted octanol–water partition coefficient (Wildman–Crippen LogP) is 2.55. The van der Waals surface area contributed by atoms with Gasteiger partial charge in [-0.3, -0.25) is 4.79 Å². The van der Waals surface area contributed by atoms with Crippen LogP contribution in [-0.4, -0.2) is 5.78 Å². The van der Waals surface area contributed by atoms with Crippen LogP contribution < -0.4 is 0 Å². The van der Waals surface area contributed by atoms with E-state index in [2.05, 4.69) is 0 Å². The Hall–Kier alpha value is -0.330. The van der Waals surface area contributed by atoms with E-state index in [9.17, 15) is 4.79 Å². The first-order chi connectivity index (χ1) is 5.38. The molecule has 0 aromatic heterocycles. The average molecular weight is 152 g/mol. The molecule has 2 atom stereocenters. The summed E-state index contributed by atoms with van der Waals surface area (Å²) in [6, 6.07) is 0. The third kappa shape index (κ3) is 1.33. The van der Waals surface area contributed by atoms with Gasteiger partial charge in [-0.2, -0.15) is 0 Å². The van der Waals surface area contributed by atoms with E-state index in [4.69, 9.17) is 0 Å². The van der Waals surface area contributed by atoms with Crippen molar-refractivity contribution in [2.45, 2.75) is 44.9 Å². The summed E-state index contributed by atoms with van der Waals surface area (Å²) in [6.45, 7) is 0. The lowest BCUT2D eigenvalue weighted by Gasteiger charge is -2.36. The molecule has 1 heteroatoms. The molecule has 2 aliphatic carbocycles. The topological polar surface area (TPSA) is 17.1 Å². The maximum Gasteiger partial charge on any atom is 0.136 e. The Balaban J connectivity index is 1.92. The number of hydrogen-bond acceptors (Lipinski definition) is 1. The molecule has 0 heterocycles. The van der Waals surface area contributed by atoms with Crippen molar-refractivity contribution in [2.75, 3.05) is 0 Å². The lowest BCUT2D eigenvalue weighted by atomic mass is 9.67. The van der Waals surface area contributed by atoms with Gasteiger partial charge in [0.25, 0.3) is 0 Å². The van der Waals surface area contributed by atoms with Gasteiger partial charge in [0.05, 0.1) is 0 Å². The highest BCUT2D eigenvalue weighted by molar-refractivity contribution is 5.87. The first-order valence-corrected chi connectivity index (χ1v) is 4.90. The Morgan fingerprint density at radius 2 is 1.73 bits per heavy atom. The quantitative estimate of drug-likeness (QED) is 0.521. The predicted molar refractivity (Wildman–Crippen MR) is 44.3 cm³/mol. The minimum Gasteiger partial charge on any atom is -0.299 e. The number of rotatable bonds is 0. The Morgan fingerprint density at radius 1 is 1.00 bits per heavy atom. The Bertz CT molecular complexity index is 162. The molecule has 0 bridgehead atoms. The summed E-state index contributed by atoms with van der Waals surface area (Å²) in [5.41, 5.74) is 0. The van der Waals surface area contributed by atoms with Gasteiger partial charge < -0.3 is 0 Å². The van der Waals surface area contributed by atoms with Crippen molar-refractivity contribution in [3.05, 3.63) is 0 Å². The maximum atomic E-state index is 11.1. The molecule has 0 aromatic rings. The van der Waals surface area contributed by atoms with E-state index < -0.39 is 0 Å². The first-order valence-electron chi connectivity index (χ1n) is 4.90. The molecule has 0 aromatic carbocycles. The van der Waals surface area contributed by atoms with Crippen LogP contribution in [-0.2, 0) is 4.79 Å². The van der Waals surface area contributed by atoms with Crippen molar-refractivity contribution in [1.82, 2.24) is 0 Å². The molecule has 0 radical (unpaired) electrons. The van der Waals surface area contributed by atoms with E-state index >= 15 is 0 Å². The lowest BCUT2D eigenvalue weighted by molar-refractivity contribution is -0.135. The van der Waals surface area contributed by atoms with Gasteiger partial charge in [-0.1, -0.05) is 25.7 Å². The van der Waals surface area contributed by atoms with Crippen LogP contribution in [0.1, 0.15) is 44.9 Å². The average Bonchev–Trinajstić information content (AvgIpc) is 1.96. The third-order valence-corrected chi connectivity index (χ3v) is 3.29. The van der Waals surface area contributed by atoms with E-state index in [0.29, 0.717) is 11.7 Å². The molecule has 0 unspecified atom stereocenters. The van der Waals surface area contributed by atoms with Crippen molar-refractivity contribution < 1.29 is 4.79 Å². The summed E-state index contributed by atoms with van der Waals surface area (Å²) in [6.07, 6.45) is 8.86. The fraction of sp³-hybridized carbons (Fsp3) is 0.900. The summed E-state index contributed by atoms with van der Waals surface area (Å²) in [7, 11) is 0.